The summed E-state index contributed by atoms with van der Waals surface area (Å²) < 4.78 is 0. The Bertz CT molecular complexity index is 596. The summed E-state index contributed by atoms with van der Waals surface area (Å²) >= 11 is 0. The monoisotopic (exact) mass is 247 g/mol. The maximum absolute atomic E-state index is 11.7. The van der Waals surface area contributed by atoms with Crippen LogP contribution < -0.4 is 15.9 Å². The first kappa shape index (κ1) is 11.9. The van der Waals surface area contributed by atoms with E-state index in [9.17, 15) is 9.59 Å². The van der Waals surface area contributed by atoms with Crippen molar-refractivity contribution in [3.05, 3.63) is 40.6 Å². The minimum absolute atomic E-state index is 0.0447. The molecule has 1 heterocycles. The van der Waals surface area contributed by atoms with Crippen LogP contribution in [0, 0.1) is 0 Å². The summed E-state index contributed by atoms with van der Waals surface area (Å²) in [5, 5.41) is 8.30. The lowest BCUT2D eigenvalue weighted by Crippen LogP contribution is -2.15. The lowest BCUT2D eigenvalue weighted by atomic mass is 10.2. The highest BCUT2D eigenvalue weighted by atomic mass is 16.2. The van der Waals surface area contributed by atoms with Crippen LogP contribution in [0.15, 0.2) is 29.1 Å². The Morgan fingerprint density at radius 1 is 1.28 bits per heavy atom. The molecular formula is C11H13N5O2. The Hall–Kier alpha value is -2.57. The summed E-state index contributed by atoms with van der Waals surface area (Å²) in [7, 11) is 3.87. The number of hydrogen-bond acceptors (Lipinski definition) is 4. The molecule has 1 aromatic heterocycles. The van der Waals surface area contributed by atoms with Crippen molar-refractivity contribution in [2.45, 2.75) is 0 Å². The predicted molar refractivity (Wildman–Crippen MR) is 67.9 cm³/mol. The standard InChI is InChI=1S/C11H13N5O2/c1-16(2)8-5-3-7(4-6-8)12-10(17)9-13-11(18)15-14-9/h3-6H,1-2H3,(H,12,17)(H2,13,14,15,18). The summed E-state index contributed by atoms with van der Waals surface area (Å²) in [5.41, 5.74) is 1.15. The molecular weight excluding hydrogens is 234 g/mol. The maximum atomic E-state index is 11.7. The van der Waals surface area contributed by atoms with Crippen molar-refractivity contribution in [3.8, 4) is 0 Å². The molecule has 7 nitrogen and oxygen atoms in total. The molecule has 7 heteroatoms. The summed E-state index contributed by atoms with van der Waals surface area (Å²) in [4.78, 5) is 26.7. The zero-order chi connectivity index (χ0) is 13.1. The number of aromatic nitrogens is 3. The number of carbonyl (C=O) groups excluding carboxylic acids is 1. The molecule has 1 aromatic carbocycles. The van der Waals surface area contributed by atoms with Gasteiger partial charge in [-0.05, 0) is 24.3 Å². The van der Waals surface area contributed by atoms with Gasteiger partial charge in [0, 0.05) is 25.5 Å². The average Bonchev–Trinajstić information content (AvgIpc) is 2.76. The molecule has 0 saturated heterocycles. The van der Waals surface area contributed by atoms with Crippen LogP contribution in [0.1, 0.15) is 10.6 Å². The summed E-state index contributed by atoms with van der Waals surface area (Å²) in [6.07, 6.45) is 0. The summed E-state index contributed by atoms with van der Waals surface area (Å²) in [6.45, 7) is 0. The first-order valence-corrected chi connectivity index (χ1v) is 5.29. The number of rotatable bonds is 3. The van der Waals surface area contributed by atoms with Gasteiger partial charge in [0.15, 0.2) is 0 Å². The Kier molecular flexibility index (Phi) is 3.13. The molecule has 94 valence electrons. The number of carbonyl (C=O) groups is 1. The van der Waals surface area contributed by atoms with Crippen LogP contribution in [0.25, 0.3) is 0 Å². The Morgan fingerprint density at radius 3 is 2.44 bits per heavy atom. The number of aromatic amines is 2. The van der Waals surface area contributed by atoms with Crippen LogP contribution in [0.4, 0.5) is 11.4 Å². The molecule has 0 radical (unpaired) electrons. The highest BCUT2D eigenvalue weighted by Gasteiger charge is 2.09. The molecule has 0 atom stereocenters. The van der Waals surface area contributed by atoms with Gasteiger partial charge in [0.25, 0.3) is 5.91 Å². The van der Waals surface area contributed by atoms with Crippen molar-refractivity contribution in [1.29, 1.82) is 0 Å². The third-order valence-corrected chi connectivity index (χ3v) is 2.36. The molecule has 0 aliphatic heterocycles. The fourth-order valence-corrected chi connectivity index (χ4v) is 1.41. The molecule has 0 bridgehead atoms. The lowest BCUT2D eigenvalue weighted by molar-refractivity contribution is 0.101. The molecule has 18 heavy (non-hydrogen) atoms. The Balaban J connectivity index is 2.10. The molecule has 3 N–H and O–H groups in total. The molecule has 1 amide bonds. The summed E-state index contributed by atoms with van der Waals surface area (Å²) in [6, 6.07) is 7.31. The van der Waals surface area contributed by atoms with Crippen molar-refractivity contribution >= 4 is 17.3 Å². The molecule has 0 spiro atoms. The van der Waals surface area contributed by atoms with E-state index in [-0.39, 0.29) is 5.82 Å². The predicted octanol–water partition coefficient (Wildman–Crippen LogP) is 0.416. The van der Waals surface area contributed by atoms with E-state index in [1.54, 1.807) is 12.1 Å². The van der Waals surface area contributed by atoms with Crippen LogP contribution in [0.3, 0.4) is 0 Å². The van der Waals surface area contributed by atoms with Crippen molar-refractivity contribution < 1.29 is 4.79 Å². The molecule has 0 aliphatic carbocycles. The first-order chi connectivity index (χ1) is 8.56. The molecule has 2 aromatic rings. The second-order valence-electron chi connectivity index (χ2n) is 3.92. The van der Waals surface area contributed by atoms with Crippen molar-refractivity contribution in [2.75, 3.05) is 24.3 Å². The van der Waals surface area contributed by atoms with Crippen LogP contribution in [0.2, 0.25) is 0 Å². The van der Waals surface area contributed by atoms with E-state index in [1.165, 1.54) is 0 Å². The van der Waals surface area contributed by atoms with Crippen LogP contribution in [-0.2, 0) is 0 Å². The lowest BCUT2D eigenvalue weighted by Gasteiger charge is -2.12. The zero-order valence-corrected chi connectivity index (χ0v) is 10.0. The topological polar surface area (TPSA) is 93.9 Å². The van der Waals surface area contributed by atoms with E-state index in [2.05, 4.69) is 20.5 Å². The quantitative estimate of drug-likeness (QED) is 0.732. The van der Waals surface area contributed by atoms with Crippen molar-refractivity contribution in [2.24, 2.45) is 0 Å². The molecule has 0 fully saturated rings. The van der Waals surface area contributed by atoms with E-state index in [0.717, 1.165) is 5.69 Å². The molecule has 0 aliphatic rings. The van der Waals surface area contributed by atoms with Gasteiger partial charge in [-0.25, -0.2) is 9.89 Å². The Labute approximate surface area is 103 Å². The van der Waals surface area contributed by atoms with E-state index in [0.29, 0.717) is 5.69 Å². The number of nitrogens with zero attached hydrogens (tertiary/aromatic N) is 2. The van der Waals surface area contributed by atoms with Gasteiger partial charge < -0.3 is 10.2 Å². The normalized spacial score (nSPS) is 10.1. The van der Waals surface area contributed by atoms with Gasteiger partial charge in [0.2, 0.25) is 5.82 Å². The van der Waals surface area contributed by atoms with E-state index >= 15 is 0 Å². The number of nitrogens with one attached hydrogen (secondary N) is 3. The molecule has 0 unspecified atom stereocenters. The third kappa shape index (κ3) is 2.57. The highest BCUT2D eigenvalue weighted by Crippen LogP contribution is 2.15. The molecule has 2 rings (SSSR count). The van der Waals surface area contributed by atoms with E-state index < -0.39 is 11.6 Å². The van der Waals surface area contributed by atoms with E-state index in [1.807, 2.05) is 31.1 Å². The summed E-state index contributed by atoms with van der Waals surface area (Å²) in [5.74, 6) is -0.511. The van der Waals surface area contributed by atoms with Gasteiger partial charge in [-0.3, -0.25) is 9.78 Å². The van der Waals surface area contributed by atoms with Gasteiger partial charge in [0.1, 0.15) is 0 Å². The van der Waals surface area contributed by atoms with Gasteiger partial charge in [-0.2, -0.15) is 0 Å². The van der Waals surface area contributed by atoms with Crippen molar-refractivity contribution in [3.63, 3.8) is 0 Å². The van der Waals surface area contributed by atoms with E-state index in [4.69, 9.17) is 0 Å². The average molecular weight is 247 g/mol. The smallest absolute Gasteiger partial charge is 0.341 e. The number of hydrogen-bond donors (Lipinski definition) is 3. The largest absolute Gasteiger partial charge is 0.378 e. The van der Waals surface area contributed by atoms with Gasteiger partial charge >= 0.3 is 5.69 Å². The van der Waals surface area contributed by atoms with Crippen molar-refractivity contribution in [1.82, 2.24) is 15.2 Å². The fourth-order valence-electron chi connectivity index (χ4n) is 1.41. The maximum Gasteiger partial charge on any atom is 0.341 e. The zero-order valence-electron chi connectivity index (χ0n) is 10.0. The number of benzene rings is 1. The Morgan fingerprint density at radius 2 is 1.94 bits per heavy atom. The number of anilines is 2. The second kappa shape index (κ2) is 4.74. The highest BCUT2D eigenvalue weighted by molar-refractivity contribution is 6.01. The van der Waals surface area contributed by atoms with Gasteiger partial charge in [-0.1, -0.05) is 0 Å². The minimum atomic E-state index is -0.511. The molecule has 0 saturated carbocycles. The number of H-pyrrole nitrogens is 2. The first-order valence-electron chi connectivity index (χ1n) is 5.29. The second-order valence-corrected chi connectivity index (χ2v) is 3.92. The van der Waals surface area contributed by atoms with Crippen LogP contribution >= 0.6 is 0 Å². The fraction of sp³-hybridized carbons (Fsp3) is 0.182. The van der Waals surface area contributed by atoms with Crippen LogP contribution in [-0.4, -0.2) is 35.2 Å². The van der Waals surface area contributed by atoms with Crippen LogP contribution in [0.5, 0.6) is 0 Å². The SMILES string of the molecule is CN(C)c1ccc(NC(=O)c2n[nH]c(=O)[nH]2)cc1. The number of amides is 1. The minimum Gasteiger partial charge on any atom is -0.378 e. The third-order valence-electron chi connectivity index (χ3n) is 2.36. The van der Waals surface area contributed by atoms with Gasteiger partial charge in [-0.15, -0.1) is 5.10 Å². The van der Waals surface area contributed by atoms with Gasteiger partial charge in [0.05, 0.1) is 0 Å².